The molecule has 0 spiro atoms. The predicted molar refractivity (Wildman–Crippen MR) is 134 cm³/mol. The van der Waals surface area contributed by atoms with Crippen molar-refractivity contribution in [3.8, 4) is 0 Å². The molecule has 2 aliphatic carbocycles. The number of hydrazine groups is 1. The molecule has 192 valence electrons. The number of amides is 1. The zero-order chi connectivity index (χ0) is 24.4. The number of nitrogens with zero attached hydrogens (tertiary/aromatic N) is 2. The predicted octanol–water partition coefficient (Wildman–Crippen LogP) is 2.64. The van der Waals surface area contributed by atoms with Crippen LogP contribution in [0.5, 0.6) is 0 Å². The molecule has 3 saturated heterocycles. The molecule has 0 saturated carbocycles. The van der Waals surface area contributed by atoms with Crippen LogP contribution in [0.3, 0.4) is 0 Å². The number of hydrogen-bond acceptors (Lipinski definition) is 7. The summed E-state index contributed by atoms with van der Waals surface area (Å²) >= 11 is 0. The second-order valence-electron chi connectivity index (χ2n) is 10.8. The normalized spacial score (nSPS) is 32.6. The fourth-order valence-corrected chi connectivity index (χ4v) is 5.98. The van der Waals surface area contributed by atoms with Gasteiger partial charge in [0.2, 0.25) is 0 Å². The molecule has 5 rings (SSSR count). The lowest BCUT2D eigenvalue weighted by Gasteiger charge is -2.29. The summed E-state index contributed by atoms with van der Waals surface area (Å²) in [5.74, 6) is 1.38. The van der Waals surface area contributed by atoms with Gasteiger partial charge in [0.15, 0.2) is 0 Å². The molecule has 0 radical (unpaired) electrons. The minimum Gasteiger partial charge on any atom is -0.507 e. The number of rotatable bonds is 8. The number of unbranched alkanes of at least 4 members (excludes halogenated alkanes) is 1. The van der Waals surface area contributed by atoms with Crippen molar-refractivity contribution in [3.05, 3.63) is 47.1 Å². The Morgan fingerprint density at radius 2 is 2.17 bits per heavy atom. The number of carbonyl (C=O) groups is 1. The molecule has 0 aromatic carbocycles. The Balaban J connectivity index is 1.20. The van der Waals surface area contributed by atoms with Crippen molar-refractivity contribution in [1.82, 2.24) is 20.7 Å². The highest BCUT2D eigenvalue weighted by Crippen LogP contribution is 2.43. The molecular formula is C27H40N4O4. The number of ether oxygens (including phenoxy) is 2. The number of hydrogen-bond donors (Lipinski definition) is 3. The Morgan fingerprint density at radius 3 is 2.97 bits per heavy atom. The van der Waals surface area contributed by atoms with Gasteiger partial charge in [-0.3, -0.25) is 9.69 Å². The second kappa shape index (κ2) is 10.4. The van der Waals surface area contributed by atoms with E-state index in [0.29, 0.717) is 37.7 Å². The van der Waals surface area contributed by atoms with Crippen molar-refractivity contribution >= 4 is 5.91 Å². The molecule has 3 N–H and O–H groups in total. The van der Waals surface area contributed by atoms with Gasteiger partial charge in [0.05, 0.1) is 18.8 Å². The second-order valence-corrected chi connectivity index (χ2v) is 10.8. The van der Waals surface area contributed by atoms with E-state index in [-0.39, 0.29) is 28.9 Å². The maximum absolute atomic E-state index is 13.6. The average Bonchev–Trinajstić information content (AvgIpc) is 3.42. The third kappa shape index (κ3) is 5.15. The van der Waals surface area contributed by atoms with E-state index in [9.17, 15) is 9.90 Å². The van der Waals surface area contributed by atoms with E-state index >= 15 is 0 Å². The highest BCUT2D eigenvalue weighted by Gasteiger charge is 2.45. The van der Waals surface area contributed by atoms with Crippen molar-refractivity contribution in [1.29, 1.82) is 0 Å². The number of aliphatic hydroxyl groups excluding tert-OH is 1. The Labute approximate surface area is 208 Å². The Morgan fingerprint density at radius 1 is 1.34 bits per heavy atom. The number of carbonyl (C=O) groups excluding carboxylic acids is 1. The Kier molecular flexibility index (Phi) is 7.23. The van der Waals surface area contributed by atoms with Gasteiger partial charge >= 0.3 is 0 Å². The van der Waals surface area contributed by atoms with Crippen molar-refractivity contribution < 1.29 is 19.4 Å². The molecule has 8 heteroatoms. The van der Waals surface area contributed by atoms with Crippen LogP contribution in [0.4, 0.5) is 0 Å². The van der Waals surface area contributed by atoms with Crippen LogP contribution >= 0.6 is 0 Å². The minimum atomic E-state index is -0.112. The van der Waals surface area contributed by atoms with Gasteiger partial charge in [0.25, 0.3) is 5.91 Å². The largest absolute Gasteiger partial charge is 0.507 e. The Bertz CT molecular complexity index is 935. The summed E-state index contributed by atoms with van der Waals surface area (Å²) in [5, 5.41) is 10.7. The molecule has 5 aliphatic rings. The number of aliphatic hydroxyl groups is 1. The van der Waals surface area contributed by atoms with Crippen molar-refractivity contribution in [2.75, 3.05) is 52.5 Å². The van der Waals surface area contributed by atoms with Crippen LogP contribution in [-0.2, 0) is 14.3 Å². The number of morpholine rings is 1. The summed E-state index contributed by atoms with van der Waals surface area (Å²) in [7, 11) is 0. The third-order valence-electron chi connectivity index (χ3n) is 8.30. The standard InChI is InChI=1S/C27H40N4O4/c1-3-4-5-23-21-15-22(25(32)16-24(21)29-28-23)26(33)31-17-19-14-20(6-7-27(19,2)18-31)35-13-10-30-8-11-34-12-9-30/h6-7,14,16,19,21,23,28-29,32H,3-5,8-13,15,17-18H2,1-2H3. The topological polar surface area (TPSA) is 86.3 Å². The van der Waals surface area contributed by atoms with E-state index in [1.165, 1.54) is 0 Å². The molecule has 3 fully saturated rings. The minimum absolute atomic E-state index is 0.0360. The average molecular weight is 485 g/mol. The number of likely N-dealkylation sites (tertiary alicyclic amines) is 1. The van der Waals surface area contributed by atoms with Crippen LogP contribution in [-0.4, -0.2) is 79.4 Å². The number of allylic oxidation sites excluding steroid dienone is 2. The van der Waals surface area contributed by atoms with E-state index in [4.69, 9.17) is 9.47 Å². The maximum atomic E-state index is 13.6. The summed E-state index contributed by atoms with van der Waals surface area (Å²) in [4.78, 5) is 17.9. The van der Waals surface area contributed by atoms with Gasteiger partial charge in [-0.25, -0.2) is 5.43 Å². The van der Waals surface area contributed by atoms with Crippen LogP contribution < -0.4 is 10.9 Å². The lowest BCUT2D eigenvalue weighted by Crippen LogP contribution is -2.38. The van der Waals surface area contributed by atoms with Crippen molar-refractivity contribution in [3.63, 3.8) is 0 Å². The van der Waals surface area contributed by atoms with E-state index in [1.54, 1.807) is 6.08 Å². The zero-order valence-corrected chi connectivity index (χ0v) is 21.1. The molecule has 0 aromatic heterocycles. The first-order valence-corrected chi connectivity index (χ1v) is 13.3. The first-order valence-electron chi connectivity index (χ1n) is 13.3. The molecule has 3 heterocycles. The monoisotopic (exact) mass is 484 g/mol. The highest BCUT2D eigenvalue weighted by atomic mass is 16.5. The van der Waals surface area contributed by atoms with E-state index < -0.39 is 0 Å². The van der Waals surface area contributed by atoms with Gasteiger partial charge in [0, 0.05) is 67.8 Å². The maximum Gasteiger partial charge on any atom is 0.253 e. The molecular weight excluding hydrogens is 444 g/mol. The summed E-state index contributed by atoms with van der Waals surface area (Å²) in [6, 6.07) is 0.291. The third-order valence-corrected chi connectivity index (χ3v) is 8.30. The van der Waals surface area contributed by atoms with Gasteiger partial charge in [-0.05, 0) is 25.0 Å². The van der Waals surface area contributed by atoms with Crippen LogP contribution in [0.25, 0.3) is 0 Å². The molecule has 0 bridgehead atoms. The summed E-state index contributed by atoms with van der Waals surface area (Å²) in [6.07, 6.45) is 12.1. The molecule has 0 aromatic rings. The summed E-state index contributed by atoms with van der Waals surface area (Å²) < 4.78 is 11.5. The van der Waals surface area contributed by atoms with Gasteiger partial charge in [-0.2, -0.15) is 0 Å². The van der Waals surface area contributed by atoms with Crippen LogP contribution in [0.2, 0.25) is 0 Å². The number of fused-ring (bicyclic) bond motifs is 2. The van der Waals surface area contributed by atoms with Crippen LogP contribution in [0, 0.1) is 17.3 Å². The highest BCUT2D eigenvalue weighted by molar-refractivity contribution is 5.95. The van der Waals surface area contributed by atoms with Crippen LogP contribution in [0.1, 0.15) is 39.5 Å². The van der Waals surface area contributed by atoms with Crippen LogP contribution in [0.15, 0.2) is 47.1 Å². The van der Waals surface area contributed by atoms with Crippen molar-refractivity contribution in [2.24, 2.45) is 17.3 Å². The fourth-order valence-electron chi connectivity index (χ4n) is 5.98. The van der Waals surface area contributed by atoms with Crippen molar-refractivity contribution in [2.45, 2.75) is 45.6 Å². The molecule has 4 unspecified atom stereocenters. The molecule has 35 heavy (non-hydrogen) atoms. The molecule has 3 aliphatic heterocycles. The summed E-state index contributed by atoms with van der Waals surface area (Å²) in [6.45, 7) is 10.8. The first-order chi connectivity index (χ1) is 17.0. The molecule has 1 amide bonds. The smallest absolute Gasteiger partial charge is 0.253 e. The fraction of sp³-hybridized carbons (Fsp3) is 0.667. The SMILES string of the molecule is CCCCC1NNC2=CC(O)=C(C(=O)N3CC4C=C(OCCN5CCOCC5)C=CC4(C)C3)CC21. The lowest BCUT2D eigenvalue weighted by molar-refractivity contribution is -0.126. The summed E-state index contributed by atoms with van der Waals surface area (Å²) in [5.41, 5.74) is 7.99. The van der Waals surface area contributed by atoms with Gasteiger partial charge < -0.3 is 24.9 Å². The lowest BCUT2D eigenvalue weighted by atomic mass is 9.77. The van der Waals surface area contributed by atoms with E-state index in [1.807, 2.05) is 4.90 Å². The quantitative estimate of drug-likeness (QED) is 0.488. The molecule has 4 atom stereocenters. The van der Waals surface area contributed by atoms with E-state index in [0.717, 1.165) is 63.6 Å². The van der Waals surface area contributed by atoms with E-state index in [2.05, 4.69) is 47.8 Å². The number of nitrogens with one attached hydrogen (secondary N) is 2. The Hall–Kier alpha value is -2.29. The zero-order valence-electron chi connectivity index (χ0n) is 21.1. The first kappa shape index (κ1) is 24.4. The molecule has 8 nitrogen and oxygen atoms in total. The van der Waals surface area contributed by atoms with Gasteiger partial charge in [-0.1, -0.05) is 32.8 Å². The van der Waals surface area contributed by atoms with Gasteiger partial charge in [0.1, 0.15) is 18.1 Å². The van der Waals surface area contributed by atoms with Gasteiger partial charge in [-0.15, -0.1) is 0 Å².